The molecule has 3 aromatic carbocycles. The first-order valence-corrected chi connectivity index (χ1v) is 13.3. The van der Waals surface area contributed by atoms with E-state index >= 15 is 0 Å². The van der Waals surface area contributed by atoms with Gasteiger partial charge in [0, 0.05) is 6.07 Å². The summed E-state index contributed by atoms with van der Waals surface area (Å²) in [5.74, 6) is -2.43. The van der Waals surface area contributed by atoms with E-state index in [2.05, 4.69) is 4.74 Å². The summed E-state index contributed by atoms with van der Waals surface area (Å²) in [6.07, 6.45) is 0.188. The summed E-state index contributed by atoms with van der Waals surface area (Å²) in [5.41, 5.74) is 1.53. The Bertz CT molecular complexity index is 1490. The Morgan fingerprint density at radius 1 is 1.08 bits per heavy atom. The van der Waals surface area contributed by atoms with Gasteiger partial charge in [0.05, 0.1) is 23.0 Å². The van der Waals surface area contributed by atoms with E-state index in [9.17, 15) is 31.5 Å². The molecule has 7 nitrogen and oxygen atoms in total. The fourth-order valence-electron chi connectivity index (χ4n) is 4.90. The summed E-state index contributed by atoms with van der Waals surface area (Å²) in [4.78, 5) is 11.4. The number of anilines is 1. The highest BCUT2D eigenvalue weighted by atomic mass is 32.2. The molecule has 38 heavy (non-hydrogen) atoms. The molecule has 0 amide bonds. The molecule has 1 aliphatic carbocycles. The van der Waals surface area contributed by atoms with Gasteiger partial charge in [-0.1, -0.05) is 18.2 Å². The quantitative estimate of drug-likeness (QED) is 0.422. The lowest BCUT2D eigenvalue weighted by Gasteiger charge is -2.43. The molecule has 3 aromatic rings. The second-order valence-electron chi connectivity index (χ2n) is 9.51. The zero-order valence-corrected chi connectivity index (χ0v) is 21.0. The molecule has 2 aliphatic rings. The van der Waals surface area contributed by atoms with Crippen molar-refractivity contribution in [3.63, 3.8) is 0 Å². The van der Waals surface area contributed by atoms with E-state index < -0.39 is 40.4 Å². The predicted octanol–water partition coefficient (Wildman–Crippen LogP) is 5.47. The van der Waals surface area contributed by atoms with Crippen LogP contribution < -0.4 is 13.8 Å². The van der Waals surface area contributed by atoms with Crippen LogP contribution in [0.5, 0.6) is 11.5 Å². The van der Waals surface area contributed by atoms with E-state index in [1.807, 2.05) is 0 Å². The van der Waals surface area contributed by atoms with Gasteiger partial charge in [0.1, 0.15) is 23.4 Å². The van der Waals surface area contributed by atoms with Crippen molar-refractivity contribution in [1.29, 1.82) is 0 Å². The third-order valence-corrected chi connectivity index (χ3v) is 8.68. The van der Waals surface area contributed by atoms with Gasteiger partial charge in [0.25, 0.3) is 10.0 Å². The van der Waals surface area contributed by atoms with E-state index in [-0.39, 0.29) is 40.1 Å². The third-order valence-electron chi connectivity index (χ3n) is 6.91. The molecule has 1 fully saturated rings. The lowest BCUT2D eigenvalue weighted by molar-refractivity contribution is -0.147. The minimum Gasteiger partial charge on any atom is -0.486 e. The number of carbonyl (C=O) groups is 1. The van der Waals surface area contributed by atoms with Crippen molar-refractivity contribution in [3.05, 3.63) is 72.0 Å². The monoisotopic (exact) mass is 547 g/mol. The molecule has 5 rings (SSSR count). The average Bonchev–Trinajstić information content (AvgIpc) is 2.81. The molecule has 0 bridgehead atoms. The van der Waals surface area contributed by atoms with Gasteiger partial charge in [0.2, 0.25) is 0 Å². The smallest absolute Gasteiger partial charge is 0.387 e. The van der Waals surface area contributed by atoms with Crippen LogP contribution in [0, 0.1) is 24.6 Å². The number of carboxylic acid groups (broad SMARTS) is 1. The maximum Gasteiger partial charge on any atom is 0.387 e. The van der Waals surface area contributed by atoms with Gasteiger partial charge in [-0.2, -0.15) is 8.78 Å². The van der Waals surface area contributed by atoms with Crippen LogP contribution in [0.2, 0.25) is 0 Å². The minimum atomic E-state index is -4.07. The molecule has 1 heterocycles. The van der Waals surface area contributed by atoms with Crippen molar-refractivity contribution in [2.75, 3.05) is 10.8 Å². The maximum absolute atomic E-state index is 14.2. The molecule has 11 heteroatoms. The van der Waals surface area contributed by atoms with Crippen LogP contribution >= 0.6 is 0 Å². The Morgan fingerprint density at radius 2 is 1.84 bits per heavy atom. The summed E-state index contributed by atoms with van der Waals surface area (Å²) in [6, 6.07) is 14.3. The van der Waals surface area contributed by atoms with Crippen molar-refractivity contribution in [2.24, 2.45) is 11.8 Å². The summed E-state index contributed by atoms with van der Waals surface area (Å²) >= 11 is 0. The summed E-state index contributed by atoms with van der Waals surface area (Å²) < 4.78 is 79.0. The molecule has 0 aromatic heterocycles. The summed E-state index contributed by atoms with van der Waals surface area (Å²) in [5, 5.41) is 9.26. The highest BCUT2D eigenvalue weighted by Gasteiger charge is 2.45. The topological polar surface area (TPSA) is 93.1 Å². The number of carboxylic acids is 1. The number of hydrogen-bond acceptors (Lipinski definition) is 5. The number of aliphatic carboxylic acids is 1. The fourth-order valence-corrected chi connectivity index (χ4v) is 6.48. The van der Waals surface area contributed by atoms with Crippen LogP contribution in [0.3, 0.4) is 0 Å². The van der Waals surface area contributed by atoms with Crippen molar-refractivity contribution in [3.8, 4) is 22.6 Å². The molecule has 1 N–H and O–H groups in total. The number of halogens is 3. The number of benzene rings is 3. The number of sulfonamides is 1. The van der Waals surface area contributed by atoms with Gasteiger partial charge in [-0.05, 0) is 78.8 Å². The van der Waals surface area contributed by atoms with E-state index in [1.165, 1.54) is 22.5 Å². The van der Waals surface area contributed by atoms with Crippen molar-refractivity contribution < 1.29 is 41.0 Å². The van der Waals surface area contributed by atoms with Crippen LogP contribution in [0.15, 0.2) is 65.6 Å². The number of nitrogens with zero attached hydrogens (tertiary/aromatic N) is 1. The first-order valence-electron chi connectivity index (χ1n) is 11.9. The molecule has 200 valence electrons. The van der Waals surface area contributed by atoms with Gasteiger partial charge < -0.3 is 14.6 Å². The van der Waals surface area contributed by atoms with Crippen LogP contribution in [0.25, 0.3) is 11.1 Å². The van der Waals surface area contributed by atoms with E-state index in [4.69, 9.17) is 4.74 Å². The van der Waals surface area contributed by atoms with Crippen LogP contribution in [-0.4, -0.2) is 38.8 Å². The number of aryl methyl sites for hydroxylation is 1. The Balaban J connectivity index is 1.56. The molecular weight excluding hydrogens is 523 g/mol. The van der Waals surface area contributed by atoms with Crippen molar-refractivity contribution in [1.82, 2.24) is 0 Å². The number of ether oxygens (including phenoxy) is 2. The molecule has 0 spiro atoms. The molecule has 0 saturated heterocycles. The zero-order valence-electron chi connectivity index (χ0n) is 20.2. The van der Waals surface area contributed by atoms with Gasteiger partial charge in [-0.15, -0.1) is 0 Å². The molecule has 0 unspecified atom stereocenters. The largest absolute Gasteiger partial charge is 0.486 e. The number of hydrogen-bond donors (Lipinski definition) is 1. The SMILES string of the molecule is Cc1cccc(S(=O)(=O)N2C[C@H](C3CC(C(=O)O)C3)Oc3ccc(-c4cc(F)cc(OC(F)F)c4)cc32)c1. The highest BCUT2D eigenvalue weighted by Crippen LogP contribution is 2.45. The molecular formula is C27H24F3NO6S. The normalized spacial score (nSPS) is 20.9. The first-order chi connectivity index (χ1) is 18.0. The Kier molecular flexibility index (Phi) is 6.72. The Labute approximate surface area is 217 Å². The van der Waals surface area contributed by atoms with Crippen LogP contribution in [-0.2, 0) is 14.8 Å². The minimum absolute atomic E-state index is 0.0490. The first kappa shape index (κ1) is 25.9. The van der Waals surface area contributed by atoms with Gasteiger partial charge >= 0.3 is 12.6 Å². The molecule has 0 radical (unpaired) electrons. The number of alkyl halides is 2. The van der Waals surface area contributed by atoms with E-state index in [0.717, 1.165) is 17.7 Å². The summed E-state index contributed by atoms with van der Waals surface area (Å²) in [7, 11) is -4.07. The number of fused-ring (bicyclic) bond motifs is 1. The van der Waals surface area contributed by atoms with Gasteiger partial charge in [0.15, 0.2) is 0 Å². The number of rotatable bonds is 7. The zero-order chi connectivity index (χ0) is 27.2. The maximum atomic E-state index is 14.2. The highest BCUT2D eigenvalue weighted by molar-refractivity contribution is 7.92. The summed E-state index contributed by atoms with van der Waals surface area (Å²) in [6.45, 7) is -1.41. The van der Waals surface area contributed by atoms with E-state index in [0.29, 0.717) is 18.4 Å². The molecule has 1 atom stereocenters. The lowest BCUT2D eigenvalue weighted by Crippen LogP contribution is -2.50. The molecule has 1 saturated carbocycles. The Morgan fingerprint density at radius 3 is 2.53 bits per heavy atom. The predicted molar refractivity (Wildman–Crippen MR) is 132 cm³/mol. The lowest BCUT2D eigenvalue weighted by atomic mass is 9.72. The van der Waals surface area contributed by atoms with Gasteiger partial charge in [-0.25, -0.2) is 12.8 Å². The average molecular weight is 548 g/mol. The van der Waals surface area contributed by atoms with Crippen molar-refractivity contribution >= 4 is 21.7 Å². The van der Waals surface area contributed by atoms with Crippen LogP contribution in [0.1, 0.15) is 18.4 Å². The van der Waals surface area contributed by atoms with Crippen LogP contribution in [0.4, 0.5) is 18.9 Å². The second-order valence-corrected chi connectivity index (χ2v) is 11.4. The van der Waals surface area contributed by atoms with Crippen molar-refractivity contribution in [2.45, 2.75) is 37.4 Å². The van der Waals surface area contributed by atoms with Gasteiger partial charge in [-0.3, -0.25) is 9.10 Å². The third kappa shape index (κ3) is 5.02. The Hall–Kier alpha value is -3.73. The second kappa shape index (κ2) is 9.86. The van der Waals surface area contributed by atoms with E-state index in [1.54, 1.807) is 37.3 Å². The molecule has 1 aliphatic heterocycles. The standard InChI is InChI=1S/C27H24F3NO6S/c1-15-3-2-4-22(7-15)38(34,35)31-14-25(18-8-19(9-18)26(32)33)37-24-6-5-16(12-23(24)31)17-10-20(28)13-21(11-17)36-27(29)30/h2-7,10-13,18-19,25,27H,8-9,14H2,1H3,(H,32,33)/t18?,19?,25-/m1/s1. The fraction of sp³-hybridized carbons (Fsp3) is 0.296.